The van der Waals surface area contributed by atoms with Gasteiger partial charge in [0.15, 0.2) is 5.13 Å². The van der Waals surface area contributed by atoms with Gasteiger partial charge in [0.25, 0.3) is 5.91 Å². The Morgan fingerprint density at radius 1 is 0.921 bits per heavy atom. The van der Waals surface area contributed by atoms with Gasteiger partial charge in [0.1, 0.15) is 16.8 Å². The van der Waals surface area contributed by atoms with Crippen LogP contribution in [0.4, 0.5) is 15.2 Å². The molecule has 0 aliphatic rings. The van der Waals surface area contributed by atoms with Gasteiger partial charge in [-0.1, -0.05) is 41.7 Å². The van der Waals surface area contributed by atoms with Gasteiger partial charge in [0, 0.05) is 16.1 Å². The molecule has 4 aromatic carbocycles. The molecular weight excluding hydrogens is 521 g/mol. The first-order valence-electron chi connectivity index (χ1n) is 11.6. The minimum absolute atomic E-state index is 0.194. The van der Waals surface area contributed by atoms with Crippen LogP contribution in [0.3, 0.4) is 0 Å². The van der Waals surface area contributed by atoms with E-state index in [2.05, 4.69) is 15.6 Å². The van der Waals surface area contributed by atoms with Crippen molar-refractivity contribution in [2.75, 3.05) is 17.7 Å². The van der Waals surface area contributed by atoms with Crippen LogP contribution < -0.4 is 15.4 Å². The highest BCUT2D eigenvalue weighted by molar-refractivity contribution is 8.00. The molecule has 2 amide bonds. The third-order valence-electron chi connectivity index (χ3n) is 5.64. The molecule has 0 radical (unpaired) electrons. The molecule has 0 spiro atoms. The normalized spacial score (nSPS) is 11.6. The molecule has 2 N–H and O–H groups in total. The topological polar surface area (TPSA) is 80.3 Å². The van der Waals surface area contributed by atoms with Crippen molar-refractivity contribution in [3.8, 4) is 5.75 Å². The van der Waals surface area contributed by atoms with Crippen molar-refractivity contribution in [2.45, 2.75) is 10.1 Å². The van der Waals surface area contributed by atoms with Crippen molar-refractivity contribution in [3.05, 3.63) is 114 Å². The number of hydrogen-bond acceptors (Lipinski definition) is 6. The summed E-state index contributed by atoms with van der Waals surface area (Å²) in [6.45, 7) is 0. The van der Waals surface area contributed by atoms with Gasteiger partial charge in [-0.05, 0) is 72.3 Å². The summed E-state index contributed by atoms with van der Waals surface area (Å²) in [6.07, 6.45) is 0. The number of nitrogens with one attached hydrogen (secondary N) is 2. The van der Waals surface area contributed by atoms with E-state index in [0.29, 0.717) is 16.4 Å². The van der Waals surface area contributed by atoms with E-state index in [1.807, 2.05) is 60.7 Å². The second-order valence-corrected chi connectivity index (χ2v) is 10.4. The van der Waals surface area contributed by atoms with Crippen LogP contribution in [-0.2, 0) is 4.79 Å². The Balaban J connectivity index is 1.31. The van der Waals surface area contributed by atoms with Crippen LogP contribution in [0.15, 0.2) is 102 Å². The van der Waals surface area contributed by atoms with E-state index in [-0.39, 0.29) is 11.8 Å². The zero-order valence-electron chi connectivity index (χ0n) is 20.2. The van der Waals surface area contributed by atoms with E-state index in [1.165, 1.54) is 47.4 Å². The average molecular weight is 544 g/mol. The highest BCUT2D eigenvalue weighted by Crippen LogP contribution is 2.37. The van der Waals surface area contributed by atoms with Gasteiger partial charge in [-0.25, -0.2) is 9.37 Å². The first-order chi connectivity index (χ1) is 18.5. The molecule has 0 bridgehead atoms. The number of carbonyl (C=O) groups is 2. The van der Waals surface area contributed by atoms with Crippen LogP contribution in [0.5, 0.6) is 5.75 Å². The number of thiazole rings is 1. The summed E-state index contributed by atoms with van der Waals surface area (Å²) >= 11 is 2.79. The Kier molecular flexibility index (Phi) is 7.67. The molecule has 0 saturated heterocycles. The number of aromatic nitrogens is 1. The monoisotopic (exact) mass is 543 g/mol. The molecule has 1 atom stereocenters. The minimum atomic E-state index is -0.530. The van der Waals surface area contributed by atoms with Crippen molar-refractivity contribution in [3.63, 3.8) is 0 Å². The maximum absolute atomic E-state index is 13.4. The van der Waals surface area contributed by atoms with Gasteiger partial charge < -0.3 is 15.4 Å². The standard InChI is InChI=1S/C29H22FN3O3S2/c1-36-22-13-16-24-25(17-22)38-29(32-24)33-28(35)26(18-5-3-2-4-6-18)37-23-14-11-21(12-15-23)31-27(34)19-7-9-20(30)10-8-19/h2-17,26H,1H3,(H,31,34)(H,32,33,35). The summed E-state index contributed by atoms with van der Waals surface area (Å²) in [4.78, 5) is 31.3. The number of rotatable bonds is 8. The number of halogens is 1. The minimum Gasteiger partial charge on any atom is -0.497 e. The van der Waals surface area contributed by atoms with Crippen LogP contribution in [0.1, 0.15) is 21.2 Å². The number of thioether (sulfide) groups is 1. The molecule has 1 unspecified atom stereocenters. The smallest absolute Gasteiger partial charge is 0.255 e. The summed E-state index contributed by atoms with van der Waals surface area (Å²) in [5, 5.41) is 5.75. The number of hydrogen-bond donors (Lipinski definition) is 2. The van der Waals surface area contributed by atoms with Crippen molar-refractivity contribution in [1.29, 1.82) is 0 Å². The molecule has 5 aromatic rings. The molecular formula is C29H22FN3O3S2. The summed E-state index contributed by atoms with van der Waals surface area (Å²) in [7, 11) is 1.61. The number of ether oxygens (including phenoxy) is 1. The lowest BCUT2D eigenvalue weighted by atomic mass is 10.1. The fraction of sp³-hybridized carbons (Fsp3) is 0.0690. The Morgan fingerprint density at radius 2 is 1.66 bits per heavy atom. The summed E-state index contributed by atoms with van der Waals surface area (Å²) in [5.74, 6) is -0.196. The number of anilines is 2. The molecule has 0 saturated carbocycles. The summed E-state index contributed by atoms with van der Waals surface area (Å²) in [5.41, 5.74) is 2.59. The largest absolute Gasteiger partial charge is 0.497 e. The second kappa shape index (κ2) is 11.5. The van der Waals surface area contributed by atoms with E-state index < -0.39 is 11.1 Å². The molecule has 0 aliphatic heterocycles. The molecule has 0 fully saturated rings. The molecule has 5 rings (SSSR count). The Bertz CT molecular complexity index is 1570. The second-order valence-electron chi connectivity index (χ2n) is 8.24. The van der Waals surface area contributed by atoms with Crippen molar-refractivity contribution >= 4 is 55.9 Å². The molecule has 6 nitrogen and oxygen atoms in total. The van der Waals surface area contributed by atoms with E-state index in [1.54, 1.807) is 19.2 Å². The third-order valence-corrected chi connectivity index (χ3v) is 7.84. The first kappa shape index (κ1) is 25.4. The molecule has 190 valence electrons. The highest BCUT2D eigenvalue weighted by atomic mass is 32.2. The lowest BCUT2D eigenvalue weighted by Crippen LogP contribution is -2.18. The lowest BCUT2D eigenvalue weighted by molar-refractivity contribution is -0.115. The summed E-state index contributed by atoms with van der Waals surface area (Å²) in [6, 6.07) is 27.7. The van der Waals surface area contributed by atoms with Crippen LogP contribution in [0.2, 0.25) is 0 Å². The molecule has 9 heteroatoms. The highest BCUT2D eigenvalue weighted by Gasteiger charge is 2.23. The van der Waals surface area contributed by atoms with Gasteiger partial charge in [-0.3, -0.25) is 9.59 Å². The van der Waals surface area contributed by atoms with E-state index in [4.69, 9.17) is 4.74 Å². The van der Waals surface area contributed by atoms with Crippen LogP contribution in [0.25, 0.3) is 10.2 Å². The lowest BCUT2D eigenvalue weighted by Gasteiger charge is -2.16. The van der Waals surface area contributed by atoms with E-state index in [0.717, 1.165) is 26.4 Å². The molecule has 38 heavy (non-hydrogen) atoms. The van der Waals surface area contributed by atoms with Crippen molar-refractivity contribution in [2.24, 2.45) is 0 Å². The fourth-order valence-corrected chi connectivity index (χ4v) is 5.64. The zero-order chi connectivity index (χ0) is 26.5. The maximum atomic E-state index is 13.4. The molecule has 1 heterocycles. The Labute approximate surface area is 226 Å². The number of methoxy groups -OCH3 is 1. The SMILES string of the molecule is COc1ccc2nc(NC(=O)C(Sc3ccc(NC(=O)c4ccc(F)cc4)cc3)c3ccccc3)sc2c1. The number of fused-ring (bicyclic) bond motifs is 1. The van der Waals surface area contributed by atoms with Gasteiger partial charge in [-0.2, -0.15) is 0 Å². The Morgan fingerprint density at radius 3 is 2.37 bits per heavy atom. The fourth-order valence-electron chi connectivity index (χ4n) is 3.71. The summed E-state index contributed by atoms with van der Waals surface area (Å²) < 4.78 is 19.3. The van der Waals surface area contributed by atoms with Gasteiger partial charge in [0.2, 0.25) is 5.91 Å². The van der Waals surface area contributed by atoms with Crippen LogP contribution in [0, 0.1) is 5.82 Å². The quantitative estimate of drug-likeness (QED) is 0.203. The van der Waals surface area contributed by atoms with E-state index >= 15 is 0 Å². The first-order valence-corrected chi connectivity index (χ1v) is 13.3. The van der Waals surface area contributed by atoms with E-state index in [9.17, 15) is 14.0 Å². The maximum Gasteiger partial charge on any atom is 0.255 e. The third kappa shape index (κ3) is 6.01. The van der Waals surface area contributed by atoms with Gasteiger partial charge in [0.05, 0.1) is 17.3 Å². The average Bonchev–Trinajstić information content (AvgIpc) is 3.34. The number of benzene rings is 4. The van der Waals surface area contributed by atoms with Gasteiger partial charge in [-0.15, -0.1) is 11.8 Å². The number of amides is 2. The predicted molar refractivity (Wildman–Crippen MR) is 151 cm³/mol. The van der Waals surface area contributed by atoms with Crippen LogP contribution in [-0.4, -0.2) is 23.9 Å². The zero-order valence-corrected chi connectivity index (χ0v) is 21.8. The predicted octanol–water partition coefficient (Wildman–Crippen LogP) is 7.17. The molecule has 0 aliphatic carbocycles. The van der Waals surface area contributed by atoms with Crippen LogP contribution >= 0.6 is 23.1 Å². The number of nitrogens with zero attached hydrogens (tertiary/aromatic N) is 1. The number of carbonyl (C=O) groups excluding carboxylic acids is 2. The molecule has 1 aromatic heterocycles. The van der Waals surface area contributed by atoms with Gasteiger partial charge >= 0.3 is 0 Å². The van der Waals surface area contributed by atoms with Crippen molar-refractivity contribution < 1.29 is 18.7 Å². The Hall–Kier alpha value is -4.21. The van der Waals surface area contributed by atoms with Crippen molar-refractivity contribution in [1.82, 2.24) is 4.98 Å².